The van der Waals surface area contributed by atoms with E-state index in [0.717, 1.165) is 0 Å². The molecule has 1 aromatic heterocycles. The molecule has 2 aromatic rings. The Labute approximate surface area is 103 Å². The highest BCUT2D eigenvalue weighted by atomic mass is 16.5. The van der Waals surface area contributed by atoms with Crippen LogP contribution < -0.4 is 15.4 Å². The van der Waals surface area contributed by atoms with Gasteiger partial charge in [-0.2, -0.15) is 0 Å². The number of anilines is 2. The summed E-state index contributed by atoms with van der Waals surface area (Å²) >= 11 is 0. The lowest BCUT2D eigenvalue weighted by Crippen LogP contribution is -2.21. The van der Waals surface area contributed by atoms with Crippen LogP contribution in [-0.2, 0) is 0 Å². The van der Waals surface area contributed by atoms with Crippen LogP contribution in [0.1, 0.15) is 0 Å². The van der Waals surface area contributed by atoms with E-state index in [0.29, 0.717) is 11.4 Å². The summed E-state index contributed by atoms with van der Waals surface area (Å²) in [6.07, 6.45) is 2.59. The minimum Gasteiger partial charge on any atom is -0.495 e. The molecule has 2 rings (SSSR count). The predicted molar refractivity (Wildman–Crippen MR) is 65.5 cm³/mol. The van der Waals surface area contributed by atoms with Gasteiger partial charge in [0.25, 0.3) is 0 Å². The molecule has 0 spiro atoms. The molecule has 1 aromatic carbocycles. The van der Waals surface area contributed by atoms with Crippen LogP contribution in [0.25, 0.3) is 0 Å². The van der Waals surface area contributed by atoms with Gasteiger partial charge in [-0.25, -0.2) is 19.7 Å². The van der Waals surface area contributed by atoms with Gasteiger partial charge in [-0.05, 0) is 12.1 Å². The van der Waals surface area contributed by atoms with Crippen molar-refractivity contribution in [2.24, 2.45) is 0 Å². The van der Waals surface area contributed by atoms with E-state index in [1.165, 1.54) is 19.8 Å². The quantitative estimate of drug-likeness (QED) is 0.855. The minimum atomic E-state index is -0.453. The number of rotatable bonds is 3. The zero-order valence-corrected chi connectivity index (χ0v) is 9.62. The third kappa shape index (κ3) is 2.91. The largest absolute Gasteiger partial charge is 0.495 e. The second-order valence-corrected chi connectivity index (χ2v) is 3.24. The van der Waals surface area contributed by atoms with Crippen molar-refractivity contribution in [3.05, 3.63) is 36.9 Å². The van der Waals surface area contributed by atoms with Crippen molar-refractivity contribution in [2.45, 2.75) is 0 Å². The maximum atomic E-state index is 11.7. The van der Waals surface area contributed by atoms with Gasteiger partial charge >= 0.3 is 6.03 Å². The lowest BCUT2D eigenvalue weighted by atomic mass is 10.3. The Morgan fingerprint density at radius 2 is 1.89 bits per heavy atom. The molecule has 0 radical (unpaired) electrons. The van der Waals surface area contributed by atoms with Crippen molar-refractivity contribution in [3.63, 3.8) is 0 Å². The van der Waals surface area contributed by atoms with E-state index in [2.05, 4.69) is 25.6 Å². The molecule has 18 heavy (non-hydrogen) atoms. The van der Waals surface area contributed by atoms with Crippen LogP contribution in [0.2, 0.25) is 0 Å². The van der Waals surface area contributed by atoms with Gasteiger partial charge < -0.3 is 10.1 Å². The first kappa shape index (κ1) is 11.8. The number of hydrogen-bond acceptors (Lipinski definition) is 5. The number of nitrogens with zero attached hydrogens (tertiary/aromatic N) is 3. The molecule has 7 heteroatoms. The van der Waals surface area contributed by atoms with Gasteiger partial charge in [0.2, 0.25) is 5.95 Å². The fourth-order valence-electron chi connectivity index (χ4n) is 1.31. The van der Waals surface area contributed by atoms with Crippen molar-refractivity contribution in [1.29, 1.82) is 0 Å². The molecule has 0 aliphatic carbocycles. The predicted octanol–water partition coefficient (Wildman–Crippen LogP) is 1.52. The third-order valence-corrected chi connectivity index (χ3v) is 2.07. The fraction of sp³-hybridized carbons (Fsp3) is 0.0909. The van der Waals surface area contributed by atoms with Crippen LogP contribution in [0.3, 0.4) is 0 Å². The van der Waals surface area contributed by atoms with E-state index >= 15 is 0 Å². The summed E-state index contributed by atoms with van der Waals surface area (Å²) in [5, 5.41) is 5.11. The van der Waals surface area contributed by atoms with Crippen LogP contribution in [-0.4, -0.2) is 28.1 Å². The Bertz CT molecular complexity index is 532. The standard InChI is InChI=1S/C11H11N5O2/c1-18-9-5-3-2-4-8(9)15-11(17)16-10-13-6-12-7-14-10/h2-7H,1H3,(H2,12,13,14,15,16,17). The maximum absolute atomic E-state index is 11.7. The molecule has 92 valence electrons. The zero-order valence-electron chi connectivity index (χ0n) is 9.62. The Kier molecular flexibility index (Phi) is 3.65. The van der Waals surface area contributed by atoms with Gasteiger partial charge in [-0.3, -0.25) is 5.32 Å². The van der Waals surface area contributed by atoms with Crippen LogP contribution >= 0.6 is 0 Å². The summed E-state index contributed by atoms with van der Waals surface area (Å²) in [6.45, 7) is 0. The molecule has 2 amide bonds. The molecule has 0 aliphatic rings. The maximum Gasteiger partial charge on any atom is 0.326 e. The molecular formula is C11H11N5O2. The topological polar surface area (TPSA) is 89.0 Å². The average Bonchev–Trinajstić information content (AvgIpc) is 2.40. The molecule has 0 bridgehead atoms. The number of aromatic nitrogens is 3. The van der Waals surface area contributed by atoms with Gasteiger partial charge in [-0.1, -0.05) is 12.1 Å². The van der Waals surface area contributed by atoms with Crippen LogP contribution in [0.5, 0.6) is 5.75 Å². The fourth-order valence-corrected chi connectivity index (χ4v) is 1.31. The summed E-state index contributed by atoms with van der Waals surface area (Å²) in [4.78, 5) is 22.9. The smallest absolute Gasteiger partial charge is 0.326 e. The van der Waals surface area contributed by atoms with Gasteiger partial charge in [0, 0.05) is 0 Å². The van der Waals surface area contributed by atoms with E-state index in [-0.39, 0.29) is 5.95 Å². The SMILES string of the molecule is COc1ccccc1NC(=O)Nc1ncncn1. The number of urea groups is 1. The highest BCUT2D eigenvalue weighted by Crippen LogP contribution is 2.22. The summed E-state index contributed by atoms with van der Waals surface area (Å²) in [5.74, 6) is 0.751. The molecule has 2 N–H and O–H groups in total. The number of carbonyl (C=O) groups excluding carboxylic acids is 1. The first-order valence-corrected chi connectivity index (χ1v) is 5.12. The van der Waals surface area contributed by atoms with Gasteiger partial charge in [0.1, 0.15) is 18.4 Å². The van der Waals surface area contributed by atoms with Crippen molar-refractivity contribution in [2.75, 3.05) is 17.7 Å². The number of amides is 2. The van der Waals surface area contributed by atoms with E-state index in [1.54, 1.807) is 18.2 Å². The highest BCUT2D eigenvalue weighted by molar-refractivity contribution is 5.99. The van der Waals surface area contributed by atoms with E-state index in [1.807, 2.05) is 6.07 Å². The normalized spacial score (nSPS) is 9.61. The number of para-hydroxylation sites is 2. The number of methoxy groups -OCH3 is 1. The Hall–Kier alpha value is -2.70. The molecule has 0 fully saturated rings. The monoisotopic (exact) mass is 245 g/mol. The van der Waals surface area contributed by atoms with Crippen LogP contribution in [0.4, 0.5) is 16.4 Å². The summed E-state index contributed by atoms with van der Waals surface area (Å²) < 4.78 is 5.11. The summed E-state index contributed by atoms with van der Waals surface area (Å²) in [6, 6.07) is 6.63. The Balaban J connectivity index is 2.03. The highest BCUT2D eigenvalue weighted by Gasteiger charge is 2.07. The van der Waals surface area contributed by atoms with E-state index < -0.39 is 6.03 Å². The van der Waals surface area contributed by atoms with Crippen LogP contribution in [0, 0.1) is 0 Å². The van der Waals surface area contributed by atoms with Crippen LogP contribution in [0.15, 0.2) is 36.9 Å². The first-order valence-electron chi connectivity index (χ1n) is 5.12. The number of nitrogens with one attached hydrogen (secondary N) is 2. The lowest BCUT2D eigenvalue weighted by Gasteiger charge is -2.09. The van der Waals surface area contributed by atoms with Gasteiger partial charge in [0.05, 0.1) is 12.8 Å². The van der Waals surface area contributed by atoms with Crippen molar-refractivity contribution >= 4 is 17.7 Å². The molecule has 0 atom stereocenters. The number of carbonyl (C=O) groups is 1. The Morgan fingerprint density at radius 3 is 2.61 bits per heavy atom. The molecular weight excluding hydrogens is 234 g/mol. The Morgan fingerprint density at radius 1 is 1.17 bits per heavy atom. The van der Waals surface area contributed by atoms with E-state index in [9.17, 15) is 4.79 Å². The second-order valence-electron chi connectivity index (χ2n) is 3.24. The third-order valence-electron chi connectivity index (χ3n) is 2.07. The van der Waals surface area contributed by atoms with Crippen molar-refractivity contribution < 1.29 is 9.53 Å². The van der Waals surface area contributed by atoms with E-state index in [4.69, 9.17) is 4.74 Å². The van der Waals surface area contributed by atoms with Gasteiger partial charge in [0.15, 0.2) is 0 Å². The number of benzene rings is 1. The molecule has 0 saturated heterocycles. The van der Waals surface area contributed by atoms with Crippen molar-refractivity contribution in [1.82, 2.24) is 15.0 Å². The zero-order chi connectivity index (χ0) is 12.8. The minimum absolute atomic E-state index is 0.178. The molecule has 0 saturated carbocycles. The number of ether oxygens (including phenoxy) is 1. The number of hydrogen-bond donors (Lipinski definition) is 2. The lowest BCUT2D eigenvalue weighted by molar-refractivity contribution is 0.262. The molecule has 1 heterocycles. The van der Waals surface area contributed by atoms with Crippen molar-refractivity contribution in [3.8, 4) is 5.75 Å². The molecule has 7 nitrogen and oxygen atoms in total. The average molecular weight is 245 g/mol. The second kappa shape index (κ2) is 5.58. The first-order chi connectivity index (χ1) is 8.79. The summed E-state index contributed by atoms with van der Waals surface area (Å²) in [5.41, 5.74) is 0.562. The molecule has 0 unspecified atom stereocenters. The summed E-state index contributed by atoms with van der Waals surface area (Å²) in [7, 11) is 1.53. The van der Waals surface area contributed by atoms with Gasteiger partial charge in [-0.15, -0.1) is 0 Å². The molecule has 0 aliphatic heterocycles.